The Morgan fingerprint density at radius 2 is 2.14 bits per heavy atom. The van der Waals surface area contributed by atoms with Crippen LogP contribution in [0.15, 0.2) is 24.5 Å². The number of hydrogen-bond donors (Lipinski definition) is 1. The van der Waals surface area contributed by atoms with E-state index in [4.69, 9.17) is 4.74 Å². The van der Waals surface area contributed by atoms with Crippen molar-refractivity contribution in [3.8, 4) is 0 Å². The first kappa shape index (κ1) is 15.1. The Morgan fingerprint density at radius 1 is 1.38 bits per heavy atom. The van der Waals surface area contributed by atoms with Crippen molar-refractivity contribution >= 4 is 28.2 Å². The van der Waals surface area contributed by atoms with Crippen LogP contribution < -0.4 is 5.32 Å². The van der Waals surface area contributed by atoms with Crippen molar-refractivity contribution in [1.29, 1.82) is 0 Å². The fourth-order valence-corrected chi connectivity index (χ4v) is 2.57. The standard InChI is InChI=1S/C14H13FN2O3S/c1-3-20-14(19)11-4-8(2)21-13(11)17-12(18)9-5-10(15)7-16-6-9/h4-7H,3H2,1-2H3,(H,17,18). The van der Waals surface area contributed by atoms with E-state index in [-0.39, 0.29) is 17.7 Å². The van der Waals surface area contributed by atoms with Crippen LogP contribution in [0.2, 0.25) is 0 Å². The summed E-state index contributed by atoms with van der Waals surface area (Å²) in [5.74, 6) is -1.64. The van der Waals surface area contributed by atoms with Gasteiger partial charge in [-0.25, -0.2) is 9.18 Å². The molecule has 0 aliphatic carbocycles. The molecule has 7 heteroatoms. The molecular weight excluding hydrogens is 295 g/mol. The molecule has 0 radical (unpaired) electrons. The van der Waals surface area contributed by atoms with Gasteiger partial charge in [0.1, 0.15) is 10.8 Å². The van der Waals surface area contributed by atoms with E-state index in [1.54, 1.807) is 13.0 Å². The number of aryl methyl sites for hydroxylation is 1. The number of aromatic nitrogens is 1. The number of carbonyl (C=O) groups is 2. The van der Waals surface area contributed by atoms with Gasteiger partial charge in [0, 0.05) is 11.1 Å². The number of ether oxygens (including phenoxy) is 1. The average molecular weight is 308 g/mol. The van der Waals surface area contributed by atoms with Gasteiger partial charge >= 0.3 is 5.97 Å². The zero-order valence-corrected chi connectivity index (χ0v) is 12.3. The highest BCUT2D eigenvalue weighted by atomic mass is 32.1. The van der Waals surface area contributed by atoms with Gasteiger partial charge < -0.3 is 10.1 Å². The second-order valence-corrected chi connectivity index (χ2v) is 5.42. The van der Waals surface area contributed by atoms with Crippen molar-refractivity contribution < 1.29 is 18.7 Å². The fraction of sp³-hybridized carbons (Fsp3) is 0.214. The molecular formula is C14H13FN2O3S. The van der Waals surface area contributed by atoms with E-state index in [9.17, 15) is 14.0 Å². The topological polar surface area (TPSA) is 68.3 Å². The van der Waals surface area contributed by atoms with Crippen molar-refractivity contribution in [3.63, 3.8) is 0 Å². The van der Waals surface area contributed by atoms with Gasteiger partial charge in [-0.3, -0.25) is 9.78 Å². The molecule has 0 aliphatic rings. The first-order chi connectivity index (χ1) is 10.0. The lowest BCUT2D eigenvalue weighted by Gasteiger charge is -2.06. The largest absolute Gasteiger partial charge is 0.462 e. The summed E-state index contributed by atoms with van der Waals surface area (Å²) in [4.78, 5) is 28.3. The number of halogens is 1. The molecule has 2 heterocycles. The normalized spacial score (nSPS) is 10.2. The van der Waals surface area contributed by atoms with Crippen LogP contribution in [-0.2, 0) is 4.74 Å². The number of pyridine rings is 1. The van der Waals surface area contributed by atoms with Gasteiger partial charge in [-0.1, -0.05) is 0 Å². The molecule has 0 saturated heterocycles. The third-order valence-corrected chi connectivity index (χ3v) is 3.51. The number of anilines is 1. The number of nitrogens with one attached hydrogen (secondary N) is 1. The number of carbonyl (C=O) groups excluding carboxylic acids is 2. The predicted octanol–water partition coefficient (Wildman–Crippen LogP) is 3.02. The van der Waals surface area contributed by atoms with E-state index >= 15 is 0 Å². The summed E-state index contributed by atoms with van der Waals surface area (Å²) in [7, 11) is 0. The van der Waals surface area contributed by atoms with Crippen molar-refractivity contribution in [1.82, 2.24) is 4.98 Å². The SMILES string of the molecule is CCOC(=O)c1cc(C)sc1NC(=O)c1cncc(F)c1. The Labute approximate surface area is 124 Å². The van der Waals surface area contributed by atoms with Crippen molar-refractivity contribution in [2.24, 2.45) is 0 Å². The van der Waals surface area contributed by atoms with Crippen LogP contribution in [0.4, 0.5) is 9.39 Å². The summed E-state index contributed by atoms with van der Waals surface area (Å²) in [5, 5.41) is 2.96. The smallest absolute Gasteiger partial charge is 0.341 e. The third kappa shape index (κ3) is 3.63. The van der Waals surface area contributed by atoms with Gasteiger partial charge in [0.15, 0.2) is 0 Å². The Bertz CT molecular complexity index is 685. The number of esters is 1. The van der Waals surface area contributed by atoms with Crippen LogP contribution in [0.5, 0.6) is 0 Å². The minimum Gasteiger partial charge on any atom is -0.462 e. The number of nitrogens with zero attached hydrogens (tertiary/aromatic N) is 1. The molecule has 0 aromatic carbocycles. The first-order valence-corrected chi connectivity index (χ1v) is 7.02. The minimum absolute atomic E-state index is 0.0795. The average Bonchev–Trinajstić information content (AvgIpc) is 2.80. The summed E-state index contributed by atoms with van der Waals surface area (Å²) in [6.45, 7) is 3.76. The molecule has 1 N–H and O–H groups in total. The van der Waals surface area contributed by atoms with Crippen molar-refractivity contribution in [2.45, 2.75) is 13.8 Å². The van der Waals surface area contributed by atoms with E-state index in [2.05, 4.69) is 10.3 Å². The molecule has 2 aromatic rings. The molecule has 5 nitrogen and oxygen atoms in total. The van der Waals surface area contributed by atoms with E-state index in [0.29, 0.717) is 5.00 Å². The van der Waals surface area contributed by atoms with Gasteiger partial charge in [-0.05, 0) is 26.0 Å². The molecule has 1 amide bonds. The highest BCUT2D eigenvalue weighted by Crippen LogP contribution is 2.28. The summed E-state index contributed by atoms with van der Waals surface area (Å²) in [5.41, 5.74) is 0.368. The van der Waals surface area contributed by atoms with Crippen LogP contribution in [0.25, 0.3) is 0 Å². The zero-order chi connectivity index (χ0) is 15.4. The second-order valence-electron chi connectivity index (χ2n) is 4.17. The van der Waals surface area contributed by atoms with Gasteiger partial charge in [0.2, 0.25) is 0 Å². The lowest BCUT2D eigenvalue weighted by atomic mass is 10.2. The van der Waals surface area contributed by atoms with Crippen LogP contribution in [-0.4, -0.2) is 23.5 Å². The van der Waals surface area contributed by atoms with Crippen molar-refractivity contribution in [2.75, 3.05) is 11.9 Å². The quantitative estimate of drug-likeness (QED) is 0.882. The van der Waals surface area contributed by atoms with Crippen LogP contribution in [0.3, 0.4) is 0 Å². The molecule has 2 aromatic heterocycles. The van der Waals surface area contributed by atoms with E-state index < -0.39 is 17.7 Å². The van der Waals surface area contributed by atoms with Crippen LogP contribution in [0, 0.1) is 12.7 Å². The number of thiophene rings is 1. The van der Waals surface area contributed by atoms with E-state index in [0.717, 1.165) is 17.1 Å². The molecule has 0 spiro atoms. The maximum absolute atomic E-state index is 13.1. The Balaban J connectivity index is 2.23. The maximum atomic E-state index is 13.1. The number of hydrogen-bond acceptors (Lipinski definition) is 5. The highest BCUT2D eigenvalue weighted by molar-refractivity contribution is 7.16. The van der Waals surface area contributed by atoms with Crippen LogP contribution >= 0.6 is 11.3 Å². The molecule has 0 atom stereocenters. The lowest BCUT2D eigenvalue weighted by Crippen LogP contribution is -2.14. The predicted molar refractivity (Wildman–Crippen MR) is 77.2 cm³/mol. The van der Waals surface area contributed by atoms with Gasteiger partial charge in [0.05, 0.1) is 23.9 Å². The molecule has 0 aliphatic heterocycles. The van der Waals surface area contributed by atoms with Gasteiger partial charge in [-0.15, -0.1) is 11.3 Å². The van der Waals surface area contributed by atoms with Crippen LogP contribution in [0.1, 0.15) is 32.5 Å². The Hall–Kier alpha value is -2.28. The van der Waals surface area contributed by atoms with Gasteiger partial charge in [0.25, 0.3) is 5.91 Å². The second kappa shape index (κ2) is 6.45. The molecule has 110 valence electrons. The minimum atomic E-state index is -0.601. The molecule has 21 heavy (non-hydrogen) atoms. The monoisotopic (exact) mass is 308 g/mol. The molecule has 0 saturated carbocycles. The summed E-state index contributed by atoms with van der Waals surface area (Å²) in [6.07, 6.45) is 2.26. The lowest BCUT2D eigenvalue weighted by molar-refractivity contribution is 0.0528. The molecule has 0 bridgehead atoms. The Kier molecular flexibility index (Phi) is 4.64. The first-order valence-electron chi connectivity index (χ1n) is 6.20. The third-order valence-electron chi connectivity index (χ3n) is 2.54. The summed E-state index contributed by atoms with van der Waals surface area (Å²) >= 11 is 1.25. The highest BCUT2D eigenvalue weighted by Gasteiger charge is 2.18. The summed E-state index contributed by atoms with van der Waals surface area (Å²) < 4.78 is 18.0. The zero-order valence-electron chi connectivity index (χ0n) is 11.5. The molecule has 2 rings (SSSR count). The Morgan fingerprint density at radius 3 is 2.81 bits per heavy atom. The van der Waals surface area contributed by atoms with E-state index in [1.165, 1.54) is 17.5 Å². The molecule has 0 unspecified atom stereocenters. The van der Waals surface area contributed by atoms with Gasteiger partial charge in [-0.2, -0.15) is 0 Å². The number of amides is 1. The number of rotatable bonds is 4. The van der Waals surface area contributed by atoms with E-state index in [1.807, 2.05) is 6.92 Å². The van der Waals surface area contributed by atoms with Crippen molar-refractivity contribution in [3.05, 3.63) is 46.3 Å². The molecule has 0 fully saturated rings. The summed E-state index contributed by atoms with van der Waals surface area (Å²) in [6, 6.07) is 2.72. The fourth-order valence-electron chi connectivity index (χ4n) is 1.68. The maximum Gasteiger partial charge on any atom is 0.341 e.